The second-order valence-corrected chi connectivity index (χ2v) is 4.85. The number of hydrogen-bond donors (Lipinski definition) is 2. The van der Waals surface area contributed by atoms with Crippen LogP contribution in [0.2, 0.25) is 0 Å². The zero-order chi connectivity index (χ0) is 13.9. The summed E-state index contributed by atoms with van der Waals surface area (Å²) in [4.78, 5) is 6.26. The number of nitrogens with zero attached hydrogens (tertiary/aromatic N) is 3. The fraction of sp³-hybridized carbons (Fsp3) is 0.786. The second-order valence-electron chi connectivity index (χ2n) is 4.85. The summed E-state index contributed by atoms with van der Waals surface area (Å²) in [6.45, 7) is 9.67. The highest BCUT2D eigenvalue weighted by atomic mass is 16.3. The first-order chi connectivity index (χ1) is 9.26. The third kappa shape index (κ3) is 7.30. The van der Waals surface area contributed by atoms with E-state index >= 15 is 0 Å². The van der Waals surface area contributed by atoms with Crippen LogP contribution >= 0.6 is 0 Å². The van der Waals surface area contributed by atoms with E-state index in [4.69, 9.17) is 0 Å². The molecule has 5 nitrogen and oxygen atoms in total. The molecule has 0 fully saturated rings. The van der Waals surface area contributed by atoms with Gasteiger partial charge in [-0.15, -0.1) is 0 Å². The van der Waals surface area contributed by atoms with Gasteiger partial charge in [0.25, 0.3) is 0 Å². The Morgan fingerprint density at radius 2 is 2.11 bits per heavy atom. The molecule has 19 heavy (non-hydrogen) atoms. The highest BCUT2D eigenvalue weighted by Crippen LogP contribution is 1.95. The van der Waals surface area contributed by atoms with Crippen LogP contribution in [0.1, 0.15) is 26.7 Å². The number of imidazole rings is 1. The van der Waals surface area contributed by atoms with Gasteiger partial charge in [-0.1, -0.05) is 13.8 Å². The average Bonchev–Trinajstić information content (AvgIpc) is 2.93. The Balaban J connectivity index is 1.95. The van der Waals surface area contributed by atoms with Crippen molar-refractivity contribution in [2.75, 3.05) is 32.7 Å². The maximum atomic E-state index is 9.87. The summed E-state index contributed by atoms with van der Waals surface area (Å²) in [6.07, 6.45) is 7.63. The number of unbranched alkanes of at least 4 members (excludes halogenated alkanes) is 1. The Morgan fingerprint density at radius 3 is 2.74 bits per heavy atom. The maximum Gasteiger partial charge on any atom is 0.0945 e. The molecule has 1 aromatic rings. The fourth-order valence-electron chi connectivity index (χ4n) is 2.08. The predicted octanol–water partition coefficient (Wildman–Crippen LogP) is 0.956. The Hall–Kier alpha value is -0.910. The summed E-state index contributed by atoms with van der Waals surface area (Å²) in [6, 6.07) is 0. The van der Waals surface area contributed by atoms with E-state index in [9.17, 15) is 5.11 Å². The van der Waals surface area contributed by atoms with Crippen molar-refractivity contribution in [2.24, 2.45) is 0 Å². The van der Waals surface area contributed by atoms with Crippen LogP contribution in [0.5, 0.6) is 0 Å². The van der Waals surface area contributed by atoms with E-state index in [1.54, 1.807) is 0 Å². The fourth-order valence-corrected chi connectivity index (χ4v) is 2.08. The van der Waals surface area contributed by atoms with Crippen molar-refractivity contribution in [3.8, 4) is 0 Å². The number of aliphatic hydroxyl groups is 1. The number of likely N-dealkylation sites (N-methyl/N-ethyl adjacent to an activating group) is 1. The van der Waals surface area contributed by atoms with E-state index in [0.717, 1.165) is 45.6 Å². The van der Waals surface area contributed by atoms with Gasteiger partial charge in [0.2, 0.25) is 0 Å². The summed E-state index contributed by atoms with van der Waals surface area (Å²) in [5, 5.41) is 13.2. The van der Waals surface area contributed by atoms with Gasteiger partial charge in [0.1, 0.15) is 0 Å². The van der Waals surface area contributed by atoms with E-state index in [2.05, 4.69) is 33.6 Å². The molecule has 110 valence electrons. The number of aliphatic hydroxyl groups excluding tert-OH is 1. The van der Waals surface area contributed by atoms with Crippen LogP contribution < -0.4 is 5.32 Å². The first-order valence-corrected chi connectivity index (χ1v) is 7.33. The van der Waals surface area contributed by atoms with Crippen LogP contribution in [0.3, 0.4) is 0 Å². The quantitative estimate of drug-likeness (QED) is 0.587. The molecular weight excluding hydrogens is 240 g/mol. The zero-order valence-electron chi connectivity index (χ0n) is 12.3. The van der Waals surface area contributed by atoms with Gasteiger partial charge < -0.3 is 19.9 Å². The van der Waals surface area contributed by atoms with E-state index in [-0.39, 0.29) is 6.10 Å². The molecule has 1 heterocycles. The highest BCUT2D eigenvalue weighted by molar-refractivity contribution is 4.73. The van der Waals surface area contributed by atoms with E-state index in [0.29, 0.717) is 6.54 Å². The SMILES string of the molecule is CCN(CC)CC(O)CNCCCCn1ccnc1. The lowest BCUT2D eigenvalue weighted by Gasteiger charge is -2.22. The van der Waals surface area contributed by atoms with Gasteiger partial charge >= 0.3 is 0 Å². The summed E-state index contributed by atoms with van der Waals surface area (Å²) < 4.78 is 2.09. The molecule has 1 aromatic heterocycles. The molecule has 0 aliphatic heterocycles. The average molecular weight is 268 g/mol. The third-order valence-corrected chi connectivity index (χ3v) is 3.32. The van der Waals surface area contributed by atoms with Crippen LogP contribution in [0.15, 0.2) is 18.7 Å². The van der Waals surface area contributed by atoms with Gasteiger partial charge in [-0.3, -0.25) is 0 Å². The minimum Gasteiger partial charge on any atom is -0.390 e. The molecule has 0 aliphatic rings. The van der Waals surface area contributed by atoms with Gasteiger partial charge in [0.05, 0.1) is 12.4 Å². The Morgan fingerprint density at radius 1 is 1.32 bits per heavy atom. The molecule has 2 N–H and O–H groups in total. The number of aryl methyl sites for hydroxylation is 1. The Labute approximate surface area is 116 Å². The predicted molar refractivity (Wildman–Crippen MR) is 78.1 cm³/mol. The minimum absolute atomic E-state index is 0.270. The molecule has 0 amide bonds. The zero-order valence-corrected chi connectivity index (χ0v) is 12.3. The highest BCUT2D eigenvalue weighted by Gasteiger charge is 2.07. The lowest BCUT2D eigenvalue weighted by molar-refractivity contribution is 0.117. The molecule has 0 aliphatic carbocycles. The molecule has 0 bridgehead atoms. The van der Waals surface area contributed by atoms with Gasteiger partial charge in [0.15, 0.2) is 0 Å². The van der Waals surface area contributed by atoms with Crippen molar-refractivity contribution in [1.82, 2.24) is 19.8 Å². The summed E-state index contributed by atoms with van der Waals surface area (Å²) in [7, 11) is 0. The molecule has 0 spiro atoms. The van der Waals surface area contributed by atoms with Gasteiger partial charge in [0, 0.05) is 32.0 Å². The van der Waals surface area contributed by atoms with Crippen molar-refractivity contribution in [3.63, 3.8) is 0 Å². The van der Waals surface area contributed by atoms with Crippen molar-refractivity contribution in [1.29, 1.82) is 0 Å². The molecule has 1 atom stereocenters. The van der Waals surface area contributed by atoms with Crippen LogP contribution in [0.25, 0.3) is 0 Å². The summed E-state index contributed by atoms with van der Waals surface area (Å²) >= 11 is 0. The minimum atomic E-state index is -0.270. The topological polar surface area (TPSA) is 53.3 Å². The lowest BCUT2D eigenvalue weighted by Crippen LogP contribution is -2.38. The lowest BCUT2D eigenvalue weighted by atomic mass is 10.2. The smallest absolute Gasteiger partial charge is 0.0945 e. The van der Waals surface area contributed by atoms with Crippen LogP contribution in [0, 0.1) is 0 Å². The Kier molecular flexibility index (Phi) is 8.45. The molecule has 0 radical (unpaired) electrons. The number of nitrogens with one attached hydrogen (secondary N) is 1. The molecule has 0 saturated carbocycles. The molecule has 5 heteroatoms. The standard InChI is InChI=1S/C14H28N4O/c1-3-17(4-2)12-14(19)11-15-7-5-6-9-18-10-8-16-13-18/h8,10,13-15,19H,3-7,9,11-12H2,1-2H3. The molecule has 1 unspecified atom stereocenters. The number of hydrogen-bond acceptors (Lipinski definition) is 4. The van der Waals surface area contributed by atoms with Crippen LogP contribution in [-0.4, -0.2) is 58.4 Å². The van der Waals surface area contributed by atoms with Gasteiger partial charge in [-0.05, 0) is 32.5 Å². The summed E-state index contributed by atoms with van der Waals surface area (Å²) in [5.74, 6) is 0. The second kappa shape index (κ2) is 9.95. The van der Waals surface area contributed by atoms with Crippen molar-refractivity contribution in [3.05, 3.63) is 18.7 Å². The van der Waals surface area contributed by atoms with Gasteiger partial charge in [-0.2, -0.15) is 0 Å². The third-order valence-electron chi connectivity index (χ3n) is 3.32. The molecule has 1 rings (SSSR count). The largest absolute Gasteiger partial charge is 0.390 e. The first-order valence-electron chi connectivity index (χ1n) is 7.33. The van der Waals surface area contributed by atoms with Gasteiger partial charge in [-0.25, -0.2) is 4.98 Å². The van der Waals surface area contributed by atoms with Crippen LogP contribution in [-0.2, 0) is 6.54 Å². The normalized spacial score (nSPS) is 13.1. The van der Waals surface area contributed by atoms with Crippen LogP contribution in [0.4, 0.5) is 0 Å². The Bertz CT molecular complexity index is 298. The van der Waals surface area contributed by atoms with E-state index < -0.39 is 0 Å². The molecule has 0 aromatic carbocycles. The first kappa shape index (κ1) is 16.1. The van der Waals surface area contributed by atoms with E-state index in [1.807, 2.05) is 18.7 Å². The van der Waals surface area contributed by atoms with Crippen molar-refractivity contribution >= 4 is 0 Å². The number of aromatic nitrogens is 2. The van der Waals surface area contributed by atoms with E-state index in [1.165, 1.54) is 0 Å². The van der Waals surface area contributed by atoms with Crippen molar-refractivity contribution < 1.29 is 5.11 Å². The monoisotopic (exact) mass is 268 g/mol. The molecular formula is C14H28N4O. The number of rotatable bonds is 11. The van der Waals surface area contributed by atoms with Crippen molar-refractivity contribution in [2.45, 2.75) is 39.3 Å². The maximum absolute atomic E-state index is 9.87. The summed E-state index contributed by atoms with van der Waals surface area (Å²) in [5.41, 5.74) is 0. The molecule has 0 saturated heterocycles.